The van der Waals surface area contributed by atoms with Crippen LogP contribution >= 0.6 is 27.5 Å². The highest BCUT2D eigenvalue weighted by Crippen LogP contribution is 2.24. The van der Waals surface area contributed by atoms with Gasteiger partial charge in [0.25, 0.3) is 0 Å². The molecular formula is C13H7BrClFN2O. The van der Waals surface area contributed by atoms with Crippen LogP contribution in [0.1, 0.15) is 11.5 Å². The molecule has 0 aliphatic rings. The van der Waals surface area contributed by atoms with E-state index in [1.54, 1.807) is 24.4 Å². The smallest absolute Gasteiger partial charge is 0.201 e. The summed E-state index contributed by atoms with van der Waals surface area (Å²) in [5.74, 6) is 0.0393. The summed E-state index contributed by atoms with van der Waals surface area (Å²) >= 11 is 9.06. The van der Waals surface area contributed by atoms with Crippen LogP contribution in [0.2, 0.25) is 5.02 Å². The van der Waals surface area contributed by atoms with Crippen molar-refractivity contribution in [3.63, 3.8) is 0 Å². The van der Waals surface area contributed by atoms with Gasteiger partial charge in [0.15, 0.2) is 11.2 Å². The van der Waals surface area contributed by atoms with Gasteiger partial charge in [-0.3, -0.25) is 0 Å². The Kier molecular flexibility index (Phi) is 3.24. The largest absolute Gasteiger partial charge is 0.437 e. The van der Waals surface area contributed by atoms with Gasteiger partial charge < -0.3 is 4.42 Å². The number of hydrogen-bond acceptors (Lipinski definition) is 3. The number of benzene rings is 1. The Hall–Kier alpha value is -1.46. The van der Waals surface area contributed by atoms with Crippen LogP contribution in [0.25, 0.3) is 11.2 Å². The van der Waals surface area contributed by atoms with Crippen molar-refractivity contribution in [3.8, 4) is 0 Å². The maximum absolute atomic E-state index is 13.7. The number of nitrogens with zero attached hydrogens (tertiary/aromatic N) is 2. The fraction of sp³-hybridized carbons (Fsp3) is 0.0769. The van der Waals surface area contributed by atoms with Crippen LogP contribution in [0.5, 0.6) is 0 Å². The third-order valence-electron chi connectivity index (χ3n) is 2.64. The number of rotatable bonds is 2. The summed E-state index contributed by atoms with van der Waals surface area (Å²) < 4.78 is 20.0. The van der Waals surface area contributed by atoms with E-state index in [-0.39, 0.29) is 12.2 Å². The summed E-state index contributed by atoms with van der Waals surface area (Å²) in [7, 11) is 0. The molecule has 0 unspecified atom stereocenters. The standard InChI is InChI=1S/C13H7BrClFN2O/c14-9-3-4-17-13-12(9)19-11(18-13)5-7-1-2-8(15)6-10(7)16/h1-4,6H,5H2. The number of halogens is 3. The van der Waals surface area contributed by atoms with Gasteiger partial charge in [-0.05, 0) is 39.7 Å². The predicted molar refractivity (Wildman–Crippen MR) is 73.7 cm³/mol. The number of oxazole rings is 1. The summed E-state index contributed by atoms with van der Waals surface area (Å²) in [5.41, 5.74) is 1.54. The van der Waals surface area contributed by atoms with Crippen LogP contribution in [0.4, 0.5) is 4.39 Å². The van der Waals surface area contributed by atoms with E-state index in [1.165, 1.54) is 6.07 Å². The van der Waals surface area contributed by atoms with Crippen LogP contribution < -0.4 is 0 Å². The third kappa shape index (κ3) is 2.48. The molecule has 0 saturated carbocycles. The van der Waals surface area contributed by atoms with E-state index in [1.807, 2.05) is 0 Å². The summed E-state index contributed by atoms with van der Waals surface area (Å²) in [6.45, 7) is 0. The van der Waals surface area contributed by atoms with Gasteiger partial charge in [0.1, 0.15) is 5.82 Å². The fourth-order valence-corrected chi connectivity index (χ4v) is 2.29. The van der Waals surface area contributed by atoms with E-state index in [0.717, 1.165) is 4.47 Å². The minimum Gasteiger partial charge on any atom is -0.437 e. The summed E-state index contributed by atoms with van der Waals surface area (Å²) in [4.78, 5) is 8.32. The van der Waals surface area contributed by atoms with Gasteiger partial charge in [-0.15, -0.1) is 0 Å². The van der Waals surface area contributed by atoms with E-state index >= 15 is 0 Å². The molecule has 0 amide bonds. The molecule has 0 aliphatic heterocycles. The van der Waals surface area contributed by atoms with Gasteiger partial charge in [-0.25, -0.2) is 9.37 Å². The highest BCUT2D eigenvalue weighted by Gasteiger charge is 2.12. The molecule has 0 aliphatic carbocycles. The average molecular weight is 342 g/mol. The van der Waals surface area contributed by atoms with Crippen LogP contribution in [0.3, 0.4) is 0 Å². The molecule has 6 heteroatoms. The molecule has 19 heavy (non-hydrogen) atoms. The monoisotopic (exact) mass is 340 g/mol. The Balaban J connectivity index is 1.99. The van der Waals surface area contributed by atoms with Gasteiger partial charge in [0.2, 0.25) is 5.89 Å². The first-order valence-electron chi connectivity index (χ1n) is 5.47. The molecule has 1 aromatic carbocycles. The second kappa shape index (κ2) is 4.90. The number of aromatic nitrogens is 2. The number of hydrogen-bond donors (Lipinski definition) is 0. The van der Waals surface area contributed by atoms with Crippen molar-refractivity contribution in [3.05, 3.63) is 57.2 Å². The van der Waals surface area contributed by atoms with Crippen molar-refractivity contribution in [2.24, 2.45) is 0 Å². The molecule has 0 N–H and O–H groups in total. The summed E-state index contributed by atoms with van der Waals surface area (Å²) in [6.07, 6.45) is 1.88. The Labute approximate surface area is 121 Å². The van der Waals surface area contributed by atoms with E-state index < -0.39 is 0 Å². The van der Waals surface area contributed by atoms with Gasteiger partial charge in [0, 0.05) is 11.2 Å². The molecule has 2 aromatic heterocycles. The Bertz CT molecular complexity index is 759. The Morgan fingerprint density at radius 2 is 2.16 bits per heavy atom. The zero-order valence-electron chi connectivity index (χ0n) is 9.53. The first-order chi connectivity index (χ1) is 9.13. The van der Waals surface area contributed by atoms with Gasteiger partial charge in [-0.2, -0.15) is 4.98 Å². The van der Waals surface area contributed by atoms with Crippen molar-refractivity contribution in [1.29, 1.82) is 0 Å². The second-order valence-electron chi connectivity index (χ2n) is 3.97. The lowest BCUT2D eigenvalue weighted by Gasteiger charge is -2.00. The third-order valence-corrected chi connectivity index (χ3v) is 3.50. The van der Waals surface area contributed by atoms with E-state index in [4.69, 9.17) is 16.0 Å². The molecule has 0 radical (unpaired) electrons. The molecule has 2 heterocycles. The Morgan fingerprint density at radius 3 is 2.89 bits per heavy atom. The normalized spacial score (nSPS) is 11.1. The molecule has 96 valence electrons. The zero-order valence-corrected chi connectivity index (χ0v) is 11.9. The van der Waals surface area contributed by atoms with Crippen molar-refractivity contribution < 1.29 is 8.81 Å². The van der Waals surface area contributed by atoms with Gasteiger partial charge in [-0.1, -0.05) is 17.7 Å². The van der Waals surface area contributed by atoms with E-state index in [0.29, 0.717) is 27.7 Å². The molecule has 0 saturated heterocycles. The van der Waals surface area contributed by atoms with Crippen LogP contribution in [-0.4, -0.2) is 9.97 Å². The van der Waals surface area contributed by atoms with Crippen LogP contribution in [0.15, 0.2) is 39.4 Å². The molecule has 3 nitrogen and oxygen atoms in total. The number of fused-ring (bicyclic) bond motifs is 1. The zero-order chi connectivity index (χ0) is 13.4. The molecule has 0 bridgehead atoms. The van der Waals surface area contributed by atoms with Crippen molar-refractivity contribution in [2.75, 3.05) is 0 Å². The molecule has 3 aromatic rings. The van der Waals surface area contributed by atoms with Gasteiger partial charge in [0.05, 0.1) is 10.9 Å². The molecule has 3 rings (SSSR count). The minimum absolute atomic E-state index is 0.256. The quantitative estimate of drug-likeness (QED) is 0.695. The second-order valence-corrected chi connectivity index (χ2v) is 5.26. The topological polar surface area (TPSA) is 38.9 Å². The lowest BCUT2D eigenvalue weighted by Crippen LogP contribution is -1.92. The highest BCUT2D eigenvalue weighted by molar-refractivity contribution is 9.10. The highest BCUT2D eigenvalue weighted by atomic mass is 79.9. The van der Waals surface area contributed by atoms with E-state index in [2.05, 4.69) is 25.9 Å². The minimum atomic E-state index is -0.373. The first-order valence-corrected chi connectivity index (χ1v) is 6.64. The average Bonchev–Trinajstić information content (AvgIpc) is 2.77. The maximum Gasteiger partial charge on any atom is 0.201 e. The van der Waals surface area contributed by atoms with Crippen molar-refractivity contribution in [1.82, 2.24) is 9.97 Å². The molecule has 0 fully saturated rings. The Morgan fingerprint density at radius 1 is 1.32 bits per heavy atom. The SMILES string of the molecule is Fc1cc(Cl)ccc1Cc1nc2nccc(Br)c2o1. The van der Waals surface area contributed by atoms with E-state index in [9.17, 15) is 4.39 Å². The lowest BCUT2D eigenvalue weighted by molar-refractivity contribution is 0.533. The molecule has 0 spiro atoms. The van der Waals surface area contributed by atoms with Gasteiger partial charge >= 0.3 is 0 Å². The fourth-order valence-electron chi connectivity index (χ4n) is 1.75. The maximum atomic E-state index is 13.7. The lowest BCUT2D eigenvalue weighted by atomic mass is 10.1. The van der Waals surface area contributed by atoms with Crippen molar-refractivity contribution >= 4 is 38.8 Å². The summed E-state index contributed by atoms with van der Waals surface area (Å²) in [6, 6.07) is 6.29. The van der Waals surface area contributed by atoms with Crippen molar-refractivity contribution in [2.45, 2.75) is 6.42 Å². The van der Waals surface area contributed by atoms with Crippen LogP contribution in [-0.2, 0) is 6.42 Å². The summed E-state index contributed by atoms with van der Waals surface area (Å²) in [5, 5.41) is 0.364. The molecule has 0 atom stereocenters. The molecular weight excluding hydrogens is 335 g/mol. The predicted octanol–water partition coefficient (Wildman–Crippen LogP) is 4.37. The number of pyridine rings is 1. The van der Waals surface area contributed by atoms with Crippen LogP contribution in [0, 0.1) is 5.82 Å². The first kappa shape index (κ1) is 12.6.